The molecule has 2 aromatic heterocycles. The van der Waals surface area contributed by atoms with Crippen LogP contribution in [0.25, 0.3) is 10.9 Å². The van der Waals surface area contributed by atoms with Gasteiger partial charge in [0.15, 0.2) is 0 Å². The van der Waals surface area contributed by atoms with Crippen LogP contribution in [0.1, 0.15) is 42.7 Å². The van der Waals surface area contributed by atoms with Gasteiger partial charge in [0.05, 0.1) is 11.9 Å². The van der Waals surface area contributed by atoms with Crippen LogP contribution < -0.4 is 10.6 Å². The van der Waals surface area contributed by atoms with Crippen molar-refractivity contribution in [3.8, 4) is 0 Å². The zero-order valence-corrected chi connectivity index (χ0v) is 16.6. The fourth-order valence-corrected chi connectivity index (χ4v) is 3.17. The molecule has 0 aliphatic rings. The summed E-state index contributed by atoms with van der Waals surface area (Å²) in [6.45, 7) is 4.63. The molecule has 2 amide bonds. The Bertz CT molecular complexity index is 970. The summed E-state index contributed by atoms with van der Waals surface area (Å²) in [4.78, 5) is 28.0. The third kappa shape index (κ3) is 4.60. The van der Waals surface area contributed by atoms with Gasteiger partial charge in [-0.1, -0.05) is 32.0 Å². The molecule has 0 aliphatic carbocycles. The molecule has 148 valence electrons. The van der Waals surface area contributed by atoms with E-state index >= 15 is 0 Å². The lowest BCUT2D eigenvalue weighted by Crippen LogP contribution is -2.30. The van der Waals surface area contributed by atoms with E-state index in [0.29, 0.717) is 30.3 Å². The monoisotopic (exact) mass is 381 g/mol. The zero-order valence-electron chi connectivity index (χ0n) is 16.6. The first-order chi connectivity index (χ1) is 13.5. The highest BCUT2D eigenvalue weighted by Crippen LogP contribution is 2.20. The topological polar surface area (TPSA) is 91.8 Å². The Labute approximate surface area is 164 Å². The summed E-state index contributed by atoms with van der Waals surface area (Å²) >= 11 is 0. The molecule has 0 spiro atoms. The molecule has 2 heterocycles. The predicted molar refractivity (Wildman–Crippen MR) is 110 cm³/mol. The Morgan fingerprint density at radius 2 is 2.04 bits per heavy atom. The van der Waals surface area contributed by atoms with E-state index in [9.17, 15) is 9.59 Å². The molecule has 0 fully saturated rings. The summed E-state index contributed by atoms with van der Waals surface area (Å²) in [7, 11) is 1.69. The van der Waals surface area contributed by atoms with Crippen LogP contribution in [0.5, 0.6) is 0 Å². The number of H-pyrrole nitrogens is 1. The van der Waals surface area contributed by atoms with Crippen molar-refractivity contribution in [1.29, 1.82) is 0 Å². The van der Waals surface area contributed by atoms with Crippen LogP contribution in [0.4, 0.5) is 5.69 Å². The quantitative estimate of drug-likeness (QED) is 0.559. The second-order valence-corrected chi connectivity index (χ2v) is 7.40. The average Bonchev–Trinajstić information content (AvgIpc) is 3.23. The van der Waals surface area contributed by atoms with E-state index in [0.717, 1.165) is 18.4 Å². The van der Waals surface area contributed by atoms with Gasteiger partial charge in [-0.25, -0.2) is 0 Å². The molecular weight excluding hydrogens is 354 g/mol. The molecule has 0 aliphatic heterocycles. The molecule has 7 nitrogen and oxygen atoms in total. The van der Waals surface area contributed by atoms with E-state index in [2.05, 4.69) is 26.8 Å². The van der Waals surface area contributed by atoms with Gasteiger partial charge in [-0.05, 0) is 30.4 Å². The Balaban J connectivity index is 1.56. The van der Waals surface area contributed by atoms with Gasteiger partial charge in [0, 0.05) is 37.1 Å². The smallest absolute Gasteiger partial charge is 0.271 e. The fourth-order valence-electron chi connectivity index (χ4n) is 3.17. The minimum absolute atomic E-state index is 0.120. The van der Waals surface area contributed by atoms with Crippen molar-refractivity contribution in [3.63, 3.8) is 0 Å². The first-order valence-electron chi connectivity index (χ1n) is 9.60. The number of benzene rings is 1. The van der Waals surface area contributed by atoms with Crippen LogP contribution in [-0.4, -0.2) is 33.1 Å². The van der Waals surface area contributed by atoms with E-state index in [1.807, 2.05) is 38.2 Å². The number of hydrogen-bond donors (Lipinski definition) is 3. The second-order valence-electron chi connectivity index (χ2n) is 7.40. The molecule has 1 aromatic carbocycles. The van der Waals surface area contributed by atoms with Crippen molar-refractivity contribution >= 4 is 28.4 Å². The molecule has 0 bridgehead atoms. The van der Waals surface area contributed by atoms with Gasteiger partial charge in [-0.2, -0.15) is 5.10 Å². The SMILES string of the molecule is CC(C)CNC(=O)c1c(NC(=O)CCCc2c[nH]c3ccccc23)cnn1C. The largest absolute Gasteiger partial charge is 0.361 e. The maximum Gasteiger partial charge on any atom is 0.271 e. The maximum absolute atomic E-state index is 12.4. The number of aromatic amines is 1. The summed E-state index contributed by atoms with van der Waals surface area (Å²) in [5.41, 5.74) is 3.12. The van der Waals surface area contributed by atoms with E-state index in [-0.39, 0.29) is 11.8 Å². The van der Waals surface area contributed by atoms with Gasteiger partial charge in [0.2, 0.25) is 5.91 Å². The lowest BCUT2D eigenvalue weighted by Gasteiger charge is -2.10. The number of hydrogen-bond acceptors (Lipinski definition) is 3. The highest BCUT2D eigenvalue weighted by Gasteiger charge is 2.18. The number of nitrogens with zero attached hydrogens (tertiary/aromatic N) is 2. The van der Waals surface area contributed by atoms with Crippen molar-refractivity contribution < 1.29 is 9.59 Å². The lowest BCUT2D eigenvalue weighted by molar-refractivity contribution is -0.116. The molecule has 0 saturated carbocycles. The van der Waals surface area contributed by atoms with Crippen LogP contribution in [0.15, 0.2) is 36.7 Å². The van der Waals surface area contributed by atoms with Gasteiger partial charge in [0.1, 0.15) is 5.69 Å². The Kier molecular flexibility index (Phi) is 6.13. The van der Waals surface area contributed by atoms with Gasteiger partial charge in [-0.3, -0.25) is 14.3 Å². The van der Waals surface area contributed by atoms with Gasteiger partial charge < -0.3 is 15.6 Å². The highest BCUT2D eigenvalue weighted by atomic mass is 16.2. The number of rotatable bonds is 8. The average molecular weight is 381 g/mol. The normalized spacial score (nSPS) is 11.1. The molecule has 0 atom stereocenters. The van der Waals surface area contributed by atoms with E-state index in [1.165, 1.54) is 21.8 Å². The first-order valence-corrected chi connectivity index (χ1v) is 9.60. The first kappa shape index (κ1) is 19.7. The number of carbonyl (C=O) groups is 2. The van der Waals surface area contributed by atoms with Gasteiger partial charge in [-0.15, -0.1) is 0 Å². The summed E-state index contributed by atoms with van der Waals surface area (Å²) in [5, 5.41) is 11.0. The number of carbonyl (C=O) groups excluding carboxylic acids is 2. The van der Waals surface area contributed by atoms with Crippen LogP contribution in [0.3, 0.4) is 0 Å². The predicted octanol–water partition coefficient (Wildman–Crippen LogP) is 3.25. The standard InChI is InChI=1S/C21H27N5O2/c1-14(2)11-23-21(28)20-18(13-24-26(20)3)25-19(27)10-6-7-15-12-22-17-9-5-4-8-16(15)17/h4-5,8-9,12-14,22H,6-7,10-11H2,1-3H3,(H,23,28)(H,25,27). The number of aryl methyl sites for hydroxylation is 2. The molecule has 0 unspecified atom stereocenters. The van der Waals surface area contributed by atoms with Crippen LogP contribution in [-0.2, 0) is 18.3 Å². The Morgan fingerprint density at radius 3 is 2.82 bits per heavy atom. The molecule has 28 heavy (non-hydrogen) atoms. The molecule has 0 saturated heterocycles. The van der Waals surface area contributed by atoms with Crippen molar-refractivity contribution in [2.24, 2.45) is 13.0 Å². The third-order valence-electron chi connectivity index (χ3n) is 4.62. The number of anilines is 1. The second kappa shape index (κ2) is 8.73. The van der Waals surface area contributed by atoms with Crippen molar-refractivity contribution in [1.82, 2.24) is 20.1 Å². The molecule has 3 N–H and O–H groups in total. The van der Waals surface area contributed by atoms with Crippen molar-refractivity contribution in [2.75, 3.05) is 11.9 Å². The Hall–Kier alpha value is -3.09. The van der Waals surface area contributed by atoms with E-state index in [4.69, 9.17) is 0 Å². The van der Waals surface area contributed by atoms with Crippen molar-refractivity contribution in [3.05, 3.63) is 47.9 Å². The molecule has 3 aromatic rings. The summed E-state index contributed by atoms with van der Waals surface area (Å²) < 4.78 is 1.48. The molecule has 3 rings (SSSR count). The summed E-state index contributed by atoms with van der Waals surface area (Å²) in [6.07, 6.45) is 5.43. The lowest BCUT2D eigenvalue weighted by atomic mass is 10.1. The maximum atomic E-state index is 12.4. The third-order valence-corrected chi connectivity index (χ3v) is 4.62. The van der Waals surface area contributed by atoms with E-state index < -0.39 is 0 Å². The number of aromatic nitrogens is 3. The molecule has 7 heteroatoms. The van der Waals surface area contributed by atoms with Crippen LogP contribution in [0, 0.1) is 5.92 Å². The minimum Gasteiger partial charge on any atom is -0.361 e. The number of para-hydroxylation sites is 1. The van der Waals surface area contributed by atoms with Crippen LogP contribution >= 0.6 is 0 Å². The minimum atomic E-state index is -0.234. The summed E-state index contributed by atoms with van der Waals surface area (Å²) in [5.74, 6) is -0.00623. The number of fused-ring (bicyclic) bond motifs is 1. The number of amides is 2. The van der Waals surface area contributed by atoms with Gasteiger partial charge in [0.25, 0.3) is 5.91 Å². The fraction of sp³-hybridized carbons (Fsp3) is 0.381. The van der Waals surface area contributed by atoms with E-state index in [1.54, 1.807) is 7.05 Å². The molecular formula is C21H27N5O2. The van der Waals surface area contributed by atoms with Crippen LogP contribution in [0.2, 0.25) is 0 Å². The van der Waals surface area contributed by atoms with Gasteiger partial charge >= 0.3 is 0 Å². The summed E-state index contributed by atoms with van der Waals surface area (Å²) in [6, 6.07) is 8.14. The number of nitrogens with one attached hydrogen (secondary N) is 3. The highest BCUT2D eigenvalue weighted by molar-refractivity contribution is 6.02. The van der Waals surface area contributed by atoms with Crippen molar-refractivity contribution in [2.45, 2.75) is 33.1 Å². The Morgan fingerprint density at radius 1 is 1.25 bits per heavy atom. The molecule has 0 radical (unpaired) electrons. The zero-order chi connectivity index (χ0) is 20.1.